The van der Waals surface area contributed by atoms with Crippen LogP contribution < -0.4 is 4.74 Å². The molecule has 0 saturated carbocycles. The van der Waals surface area contributed by atoms with E-state index in [1.165, 1.54) is 18.7 Å². The number of hydrogen-bond acceptors (Lipinski definition) is 6. The lowest BCUT2D eigenvalue weighted by Crippen LogP contribution is -2.10. The highest BCUT2D eigenvalue weighted by Crippen LogP contribution is 2.26. The molecule has 0 atom stereocenters. The van der Waals surface area contributed by atoms with Crippen LogP contribution in [0.3, 0.4) is 0 Å². The second-order valence-corrected chi connectivity index (χ2v) is 5.15. The van der Waals surface area contributed by atoms with Crippen molar-refractivity contribution in [3.8, 4) is 17.1 Å². The number of aromatic nitrogens is 4. The fourth-order valence-corrected chi connectivity index (χ4v) is 2.44. The number of ketones is 1. The van der Waals surface area contributed by atoms with Crippen molar-refractivity contribution >= 4 is 22.7 Å². The molecule has 0 aliphatic carbocycles. The summed E-state index contributed by atoms with van der Waals surface area (Å²) in [6.45, 7) is 1.09. The third kappa shape index (κ3) is 2.81. The van der Waals surface area contributed by atoms with Crippen molar-refractivity contribution in [2.75, 3.05) is 7.11 Å². The summed E-state index contributed by atoms with van der Waals surface area (Å²) in [7, 11) is 1.48. The SMILES string of the molecule is COc1ncc(-c2ccc3c(c2)c(C(C)=O)nn3CC(=O)O)cn1. The van der Waals surface area contributed by atoms with Crippen LogP contribution >= 0.6 is 0 Å². The van der Waals surface area contributed by atoms with Gasteiger partial charge in [0.05, 0.1) is 12.6 Å². The van der Waals surface area contributed by atoms with Crippen molar-refractivity contribution in [1.29, 1.82) is 0 Å². The predicted molar refractivity (Wildman–Crippen MR) is 85.0 cm³/mol. The molecule has 0 spiro atoms. The first kappa shape index (κ1) is 15.6. The number of carbonyl (C=O) groups excluding carboxylic acids is 1. The molecule has 0 saturated heterocycles. The van der Waals surface area contributed by atoms with E-state index < -0.39 is 5.97 Å². The van der Waals surface area contributed by atoms with E-state index in [0.717, 1.165) is 11.1 Å². The Bertz CT molecular complexity index is 931. The molecule has 2 heterocycles. The Morgan fingerprint density at radius 1 is 1.21 bits per heavy atom. The zero-order valence-electron chi connectivity index (χ0n) is 13.1. The number of Topliss-reactive ketones (excluding diaryl/α,β-unsaturated/α-hetero) is 1. The van der Waals surface area contributed by atoms with Crippen LogP contribution in [0.2, 0.25) is 0 Å². The second-order valence-electron chi connectivity index (χ2n) is 5.15. The molecule has 122 valence electrons. The molecule has 8 heteroatoms. The molecule has 2 aromatic heterocycles. The molecular formula is C16H14N4O4. The van der Waals surface area contributed by atoms with Gasteiger partial charge in [0.1, 0.15) is 12.2 Å². The molecule has 0 fully saturated rings. The average molecular weight is 326 g/mol. The monoisotopic (exact) mass is 326 g/mol. The summed E-state index contributed by atoms with van der Waals surface area (Å²) in [6, 6.07) is 5.58. The van der Waals surface area contributed by atoms with Crippen LogP contribution in [0.15, 0.2) is 30.6 Å². The lowest BCUT2D eigenvalue weighted by molar-refractivity contribution is -0.137. The van der Waals surface area contributed by atoms with E-state index in [-0.39, 0.29) is 24.0 Å². The topological polar surface area (TPSA) is 107 Å². The van der Waals surface area contributed by atoms with Crippen LogP contribution in [0.25, 0.3) is 22.0 Å². The molecule has 1 aromatic carbocycles. The predicted octanol–water partition coefficient (Wildman–Crippen LogP) is 1.79. The largest absolute Gasteiger partial charge is 0.480 e. The number of benzene rings is 1. The Morgan fingerprint density at radius 2 is 1.92 bits per heavy atom. The lowest BCUT2D eigenvalue weighted by atomic mass is 10.0. The van der Waals surface area contributed by atoms with Crippen molar-refractivity contribution in [1.82, 2.24) is 19.7 Å². The van der Waals surface area contributed by atoms with Crippen LogP contribution in [0, 0.1) is 0 Å². The summed E-state index contributed by atoms with van der Waals surface area (Å²) in [6.07, 6.45) is 3.23. The normalized spacial score (nSPS) is 10.8. The number of aliphatic carboxylic acids is 1. The average Bonchev–Trinajstić information content (AvgIpc) is 2.92. The zero-order valence-corrected chi connectivity index (χ0v) is 13.1. The molecule has 0 aliphatic rings. The molecule has 0 unspecified atom stereocenters. The maximum atomic E-state index is 11.8. The molecule has 8 nitrogen and oxygen atoms in total. The van der Waals surface area contributed by atoms with Crippen molar-refractivity contribution in [3.05, 3.63) is 36.3 Å². The van der Waals surface area contributed by atoms with Gasteiger partial charge in [-0.05, 0) is 17.7 Å². The minimum absolute atomic E-state index is 0.229. The number of hydrogen-bond donors (Lipinski definition) is 1. The van der Waals surface area contributed by atoms with Gasteiger partial charge in [0, 0.05) is 30.3 Å². The van der Waals surface area contributed by atoms with Crippen LogP contribution in [0.1, 0.15) is 17.4 Å². The number of nitrogens with zero attached hydrogens (tertiary/aromatic N) is 4. The number of methoxy groups -OCH3 is 1. The van der Waals surface area contributed by atoms with Crippen molar-refractivity contribution in [3.63, 3.8) is 0 Å². The molecule has 0 radical (unpaired) electrons. The zero-order chi connectivity index (χ0) is 17.3. The molecule has 0 aliphatic heterocycles. The number of carboxylic acids is 1. The standard InChI is InChI=1S/C16H14N4O4/c1-9(21)15-12-5-10(11-6-17-16(24-2)18-7-11)3-4-13(12)20(19-15)8-14(22)23/h3-7H,8H2,1-2H3,(H,22,23). The van der Waals surface area contributed by atoms with E-state index in [4.69, 9.17) is 9.84 Å². The first-order valence-electron chi connectivity index (χ1n) is 7.09. The Morgan fingerprint density at radius 3 is 2.50 bits per heavy atom. The molecule has 0 bridgehead atoms. The van der Waals surface area contributed by atoms with Crippen LogP contribution in [-0.4, -0.2) is 43.7 Å². The van der Waals surface area contributed by atoms with E-state index in [1.54, 1.807) is 30.6 Å². The van der Waals surface area contributed by atoms with Gasteiger partial charge in [0.2, 0.25) is 0 Å². The Kier molecular flexibility index (Phi) is 3.95. The number of fused-ring (bicyclic) bond motifs is 1. The first-order chi connectivity index (χ1) is 11.5. The van der Waals surface area contributed by atoms with Crippen molar-refractivity contribution in [2.45, 2.75) is 13.5 Å². The number of rotatable bonds is 5. The highest BCUT2D eigenvalue weighted by atomic mass is 16.5. The van der Waals surface area contributed by atoms with E-state index in [0.29, 0.717) is 10.9 Å². The molecule has 0 amide bonds. The molecule has 3 aromatic rings. The number of carboxylic acid groups (broad SMARTS) is 1. The summed E-state index contributed by atoms with van der Waals surface area (Å²) < 4.78 is 6.24. The van der Waals surface area contributed by atoms with Crippen LogP contribution in [-0.2, 0) is 11.3 Å². The van der Waals surface area contributed by atoms with Gasteiger partial charge >= 0.3 is 12.0 Å². The summed E-state index contributed by atoms with van der Waals surface area (Å²) in [4.78, 5) is 30.9. The van der Waals surface area contributed by atoms with Gasteiger partial charge in [0.25, 0.3) is 0 Å². The van der Waals surface area contributed by atoms with E-state index >= 15 is 0 Å². The lowest BCUT2D eigenvalue weighted by Gasteiger charge is -2.04. The molecular weight excluding hydrogens is 312 g/mol. The van der Waals surface area contributed by atoms with Gasteiger partial charge in [-0.1, -0.05) is 6.07 Å². The Hall–Kier alpha value is -3.29. The summed E-state index contributed by atoms with van der Waals surface area (Å²) in [5.74, 6) is -1.26. The van der Waals surface area contributed by atoms with Crippen LogP contribution in [0.5, 0.6) is 6.01 Å². The minimum Gasteiger partial charge on any atom is -0.480 e. The van der Waals surface area contributed by atoms with Gasteiger partial charge in [-0.3, -0.25) is 14.3 Å². The van der Waals surface area contributed by atoms with Crippen molar-refractivity contribution < 1.29 is 19.4 Å². The van der Waals surface area contributed by atoms with Gasteiger partial charge < -0.3 is 9.84 Å². The van der Waals surface area contributed by atoms with Crippen molar-refractivity contribution in [2.24, 2.45) is 0 Å². The fraction of sp³-hybridized carbons (Fsp3) is 0.188. The van der Waals surface area contributed by atoms with E-state index in [9.17, 15) is 9.59 Å². The quantitative estimate of drug-likeness (QED) is 0.712. The smallest absolute Gasteiger partial charge is 0.325 e. The number of ether oxygens (including phenoxy) is 1. The second kappa shape index (κ2) is 6.07. The fourth-order valence-electron chi connectivity index (χ4n) is 2.44. The highest BCUT2D eigenvalue weighted by Gasteiger charge is 2.16. The Labute approximate surface area is 136 Å². The van der Waals surface area contributed by atoms with Gasteiger partial charge in [0.15, 0.2) is 5.78 Å². The van der Waals surface area contributed by atoms with E-state index in [1.807, 2.05) is 0 Å². The third-order valence-corrected chi connectivity index (χ3v) is 3.51. The molecule has 3 rings (SSSR count). The summed E-state index contributed by atoms with van der Waals surface area (Å²) >= 11 is 0. The van der Waals surface area contributed by atoms with Crippen LogP contribution in [0.4, 0.5) is 0 Å². The van der Waals surface area contributed by atoms with Gasteiger partial charge in [-0.2, -0.15) is 5.10 Å². The maximum Gasteiger partial charge on any atom is 0.325 e. The van der Waals surface area contributed by atoms with Gasteiger partial charge in [-0.25, -0.2) is 9.97 Å². The first-order valence-corrected chi connectivity index (χ1v) is 7.09. The third-order valence-electron chi connectivity index (χ3n) is 3.51. The minimum atomic E-state index is -1.03. The summed E-state index contributed by atoms with van der Waals surface area (Å²) in [5.41, 5.74) is 2.36. The maximum absolute atomic E-state index is 11.8. The molecule has 1 N–H and O–H groups in total. The Balaban J connectivity index is 2.13. The molecule has 24 heavy (non-hydrogen) atoms. The highest BCUT2D eigenvalue weighted by molar-refractivity contribution is 6.06. The number of carbonyl (C=O) groups is 2. The summed E-state index contributed by atoms with van der Waals surface area (Å²) in [5, 5.41) is 13.7. The van der Waals surface area contributed by atoms with E-state index in [2.05, 4.69) is 15.1 Å². The van der Waals surface area contributed by atoms with Gasteiger partial charge in [-0.15, -0.1) is 0 Å².